The van der Waals surface area contributed by atoms with Crippen molar-refractivity contribution in [2.75, 3.05) is 0 Å². The molecule has 0 radical (unpaired) electrons. The predicted molar refractivity (Wildman–Crippen MR) is 75.9 cm³/mol. The summed E-state index contributed by atoms with van der Waals surface area (Å²) in [7, 11) is -3.71. The maximum atomic E-state index is 12.9. The van der Waals surface area contributed by atoms with Crippen LogP contribution in [0.2, 0.25) is 0 Å². The Morgan fingerprint density at radius 2 is 1.84 bits per heavy atom. The molecule has 1 atom stereocenters. The van der Waals surface area contributed by atoms with Crippen LogP contribution in [0.1, 0.15) is 13.3 Å². The van der Waals surface area contributed by atoms with Crippen LogP contribution < -0.4 is 5.73 Å². The fourth-order valence-electron chi connectivity index (χ4n) is 1.99. The van der Waals surface area contributed by atoms with Crippen molar-refractivity contribution in [3.05, 3.63) is 51.6 Å². The van der Waals surface area contributed by atoms with E-state index >= 15 is 0 Å². The molecule has 1 aliphatic rings. The van der Waals surface area contributed by atoms with Gasteiger partial charge in [0.25, 0.3) is 0 Å². The van der Waals surface area contributed by atoms with E-state index in [1.54, 1.807) is 13.0 Å². The highest BCUT2D eigenvalue weighted by Crippen LogP contribution is 2.35. The number of hydrogen-bond donors (Lipinski definition) is 1. The molecule has 0 saturated carbocycles. The summed E-state index contributed by atoms with van der Waals surface area (Å²) < 4.78 is 38.7. The monoisotopic (exact) mass is 345 g/mol. The van der Waals surface area contributed by atoms with Gasteiger partial charge >= 0.3 is 0 Å². The van der Waals surface area contributed by atoms with Crippen molar-refractivity contribution in [2.45, 2.75) is 23.8 Å². The Morgan fingerprint density at radius 3 is 2.37 bits per heavy atom. The molecule has 0 saturated heterocycles. The Bertz CT molecular complexity index is 660. The van der Waals surface area contributed by atoms with Gasteiger partial charge in [0.1, 0.15) is 5.82 Å². The Balaban J connectivity index is 2.54. The third-order valence-electron chi connectivity index (χ3n) is 2.93. The van der Waals surface area contributed by atoms with Crippen LogP contribution in [-0.2, 0) is 9.84 Å². The summed E-state index contributed by atoms with van der Waals surface area (Å²) in [5.74, 6) is -0.477. The first-order chi connectivity index (χ1) is 8.73. The predicted octanol–water partition coefficient (Wildman–Crippen LogP) is 2.88. The minimum atomic E-state index is -3.71. The fourth-order valence-corrected chi connectivity index (χ4v) is 4.39. The Labute approximate surface area is 120 Å². The number of nitrogens with two attached hydrogens (primary N) is 1. The fraction of sp³-hybridized carbons (Fsp3) is 0.231. The molecule has 6 heteroatoms. The molecular weight excluding hydrogens is 333 g/mol. The van der Waals surface area contributed by atoms with E-state index in [4.69, 9.17) is 5.73 Å². The van der Waals surface area contributed by atoms with Crippen LogP contribution in [-0.4, -0.2) is 14.0 Å². The first kappa shape index (κ1) is 14.4. The summed E-state index contributed by atoms with van der Waals surface area (Å²) in [6.07, 6.45) is 3.57. The lowest BCUT2D eigenvalue weighted by Crippen LogP contribution is -2.42. The molecule has 0 bridgehead atoms. The van der Waals surface area contributed by atoms with Crippen molar-refractivity contribution >= 4 is 25.8 Å². The molecule has 19 heavy (non-hydrogen) atoms. The molecule has 0 amide bonds. The smallest absolute Gasteiger partial charge is 0.204 e. The van der Waals surface area contributed by atoms with Gasteiger partial charge in [-0.15, -0.1) is 0 Å². The molecule has 1 aromatic rings. The van der Waals surface area contributed by atoms with Crippen molar-refractivity contribution in [3.8, 4) is 0 Å². The first-order valence-corrected chi connectivity index (χ1v) is 7.87. The number of sulfone groups is 1. The number of halogens is 2. The third kappa shape index (κ3) is 2.80. The Kier molecular flexibility index (Phi) is 3.68. The summed E-state index contributed by atoms with van der Waals surface area (Å²) in [6.45, 7) is 1.66. The van der Waals surface area contributed by atoms with Gasteiger partial charge in [0.2, 0.25) is 9.84 Å². The molecule has 102 valence electrons. The van der Waals surface area contributed by atoms with Gasteiger partial charge in [-0.3, -0.25) is 0 Å². The summed E-state index contributed by atoms with van der Waals surface area (Å²) in [4.78, 5) is 0.179. The summed E-state index contributed by atoms with van der Waals surface area (Å²) in [5.41, 5.74) is 5.09. The van der Waals surface area contributed by atoms with Gasteiger partial charge in [-0.2, -0.15) is 0 Å². The minimum Gasteiger partial charge on any atom is -0.321 e. The maximum Gasteiger partial charge on any atom is 0.204 e. The van der Waals surface area contributed by atoms with Crippen LogP contribution in [0.3, 0.4) is 0 Å². The molecule has 2 rings (SSSR count). The SMILES string of the molecule is C[C@@]1(N)CC(Br)=CC=C1S(=O)(=O)c1ccc(F)cc1. The number of benzene rings is 1. The summed E-state index contributed by atoms with van der Waals surface area (Å²) in [5, 5.41) is 0. The van der Waals surface area contributed by atoms with Gasteiger partial charge in [0.05, 0.1) is 15.3 Å². The van der Waals surface area contributed by atoms with E-state index in [-0.39, 0.29) is 9.80 Å². The van der Waals surface area contributed by atoms with Crippen molar-refractivity contribution in [2.24, 2.45) is 5.73 Å². The first-order valence-electron chi connectivity index (χ1n) is 5.60. The Hall–Kier alpha value is -0.980. The number of hydrogen-bond acceptors (Lipinski definition) is 3. The van der Waals surface area contributed by atoms with Gasteiger partial charge in [0, 0.05) is 6.42 Å². The highest BCUT2D eigenvalue weighted by Gasteiger charge is 2.36. The second-order valence-corrected chi connectivity index (χ2v) is 7.63. The minimum absolute atomic E-state index is 0.0447. The zero-order valence-corrected chi connectivity index (χ0v) is 12.6. The second-order valence-electron chi connectivity index (χ2n) is 4.70. The van der Waals surface area contributed by atoms with E-state index in [0.717, 1.165) is 16.6 Å². The van der Waals surface area contributed by atoms with Crippen LogP contribution in [0.4, 0.5) is 4.39 Å². The van der Waals surface area contributed by atoms with Crippen molar-refractivity contribution < 1.29 is 12.8 Å². The van der Waals surface area contributed by atoms with Gasteiger partial charge < -0.3 is 5.73 Å². The highest BCUT2D eigenvalue weighted by atomic mass is 79.9. The lowest BCUT2D eigenvalue weighted by atomic mass is 9.95. The van der Waals surface area contributed by atoms with Gasteiger partial charge in [-0.25, -0.2) is 12.8 Å². The van der Waals surface area contributed by atoms with Gasteiger partial charge in [-0.1, -0.05) is 22.0 Å². The average molecular weight is 346 g/mol. The van der Waals surface area contributed by atoms with E-state index in [1.165, 1.54) is 18.2 Å². The van der Waals surface area contributed by atoms with Crippen molar-refractivity contribution in [1.82, 2.24) is 0 Å². The standard InChI is InChI=1S/C13H13BrFNO2S/c1-13(16)8-9(14)2-7-12(13)19(17,18)11-5-3-10(15)4-6-11/h2-7H,8,16H2,1H3/t13-/m1/s1. The molecule has 0 aromatic heterocycles. The van der Waals surface area contributed by atoms with Crippen LogP contribution in [0.5, 0.6) is 0 Å². The van der Waals surface area contributed by atoms with E-state index in [2.05, 4.69) is 15.9 Å². The topological polar surface area (TPSA) is 60.2 Å². The van der Waals surface area contributed by atoms with E-state index < -0.39 is 21.2 Å². The lowest BCUT2D eigenvalue weighted by Gasteiger charge is -2.30. The van der Waals surface area contributed by atoms with E-state index in [0.29, 0.717) is 6.42 Å². The van der Waals surface area contributed by atoms with Crippen LogP contribution >= 0.6 is 15.9 Å². The molecule has 0 unspecified atom stereocenters. The molecule has 1 aliphatic carbocycles. The quantitative estimate of drug-likeness (QED) is 0.838. The molecule has 1 aromatic carbocycles. The molecule has 3 nitrogen and oxygen atoms in total. The highest BCUT2D eigenvalue weighted by molar-refractivity contribution is 9.11. The van der Waals surface area contributed by atoms with Crippen molar-refractivity contribution in [3.63, 3.8) is 0 Å². The van der Waals surface area contributed by atoms with Crippen LogP contribution in [0.25, 0.3) is 0 Å². The second kappa shape index (κ2) is 4.85. The lowest BCUT2D eigenvalue weighted by molar-refractivity contribution is 0.548. The number of rotatable bonds is 2. The molecule has 0 aliphatic heterocycles. The molecule has 0 heterocycles. The van der Waals surface area contributed by atoms with Gasteiger partial charge in [0.15, 0.2) is 0 Å². The normalized spacial score (nSPS) is 23.8. The maximum absolute atomic E-state index is 12.9. The molecule has 0 spiro atoms. The van der Waals surface area contributed by atoms with Crippen molar-refractivity contribution in [1.29, 1.82) is 0 Å². The van der Waals surface area contributed by atoms with E-state index in [1.807, 2.05) is 0 Å². The number of allylic oxidation sites excluding steroid dienone is 2. The van der Waals surface area contributed by atoms with Gasteiger partial charge in [-0.05, 0) is 41.7 Å². The average Bonchev–Trinajstić information content (AvgIpc) is 2.27. The van der Waals surface area contributed by atoms with Crippen LogP contribution in [0.15, 0.2) is 50.7 Å². The molecule has 0 fully saturated rings. The zero-order chi connectivity index (χ0) is 14.3. The summed E-state index contributed by atoms with van der Waals surface area (Å²) in [6, 6.07) is 4.73. The largest absolute Gasteiger partial charge is 0.321 e. The van der Waals surface area contributed by atoms with Crippen LogP contribution in [0, 0.1) is 5.82 Å². The Morgan fingerprint density at radius 1 is 1.26 bits per heavy atom. The zero-order valence-electron chi connectivity index (χ0n) is 10.2. The molecular formula is C13H13BrFNO2S. The van der Waals surface area contributed by atoms with E-state index in [9.17, 15) is 12.8 Å². The third-order valence-corrected chi connectivity index (χ3v) is 5.55. The summed E-state index contributed by atoms with van der Waals surface area (Å²) >= 11 is 3.32. The molecule has 2 N–H and O–H groups in total.